The molecule has 2 aromatic heterocycles. The van der Waals surface area contributed by atoms with E-state index in [1.807, 2.05) is 31.1 Å². The second-order valence-corrected chi connectivity index (χ2v) is 8.21. The number of aromatic hydroxyl groups is 1. The second-order valence-electron chi connectivity index (χ2n) is 8.21. The van der Waals surface area contributed by atoms with Crippen molar-refractivity contribution in [1.29, 1.82) is 0 Å². The molecule has 2 N–H and O–H groups in total. The molecule has 30 heavy (non-hydrogen) atoms. The maximum atomic E-state index is 14.8. The number of benzene rings is 1. The van der Waals surface area contributed by atoms with E-state index in [2.05, 4.69) is 25.6 Å². The molecule has 9 heteroatoms. The standard InChI is InChI=1S/C21H24FN7O/c1-12-9-24-29(11-12)14-4-5-15(18(30)8-14)21-23-10-19(26-27-21)28(2)17-7-13-3-6-16(25-13)20(17)22/h4-5,8-11,13,16-17,20,25,30H,3,6-7H2,1-2H3/t13?,16-,17+,20-/m0/s1. The van der Waals surface area contributed by atoms with Crippen molar-refractivity contribution in [2.45, 2.75) is 50.5 Å². The van der Waals surface area contributed by atoms with Crippen molar-refractivity contribution < 1.29 is 9.50 Å². The summed E-state index contributed by atoms with van der Waals surface area (Å²) in [6.07, 6.45) is 6.91. The van der Waals surface area contributed by atoms with E-state index in [1.54, 1.807) is 29.2 Å². The Morgan fingerprint density at radius 2 is 2.10 bits per heavy atom. The summed E-state index contributed by atoms with van der Waals surface area (Å²) in [4.78, 5) is 6.21. The molecule has 2 bridgehead atoms. The summed E-state index contributed by atoms with van der Waals surface area (Å²) in [6, 6.07) is 5.24. The zero-order chi connectivity index (χ0) is 20.8. The van der Waals surface area contributed by atoms with Crippen LogP contribution in [0.2, 0.25) is 0 Å². The Bertz CT molecular complexity index is 1050. The lowest BCUT2D eigenvalue weighted by molar-refractivity contribution is 0.176. The molecule has 0 amide bonds. The van der Waals surface area contributed by atoms with Crippen molar-refractivity contribution >= 4 is 5.82 Å². The highest BCUT2D eigenvalue weighted by molar-refractivity contribution is 5.66. The third-order valence-corrected chi connectivity index (χ3v) is 6.16. The smallest absolute Gasteiger partial charge is 0.185 e. The SMILES string of the molecule is Cc1cnn(-c2ccc(-c3ncc(N(C)[C@@H]4CC5CC[C@H](N5)[C@@H]4F)nn3)c(O)c2)c1. The third kappa shape index (κ3) is 3.28. The lowest BCUT2D eigenvalue weighted by atomic mass is 9.96. The van der Waals surface area contributed by atoms with Crippen molar-refractivity contribution in [2.24, 2.45) is 0 Å². The number of nitrogens with zero attached hydrogens (tertiary/aromatic N) is 6. The summed E-state index contributed by atoms with van der Waals surface area (Å²) >= 11 is 0. The number of aromatic nitrogens is 5. The van der Waals surface area contributed by atoms with Crippen LogP contribution in [0, 0.1) is 6.92 Å². The number of phenols is 1. The van der Waals surface area contributed by atoms with Gasteiger partial charge in [-0.15, -0.1) is 10.2 Å². The molecule has 2 fully saturated rings. The molecule has 4 heterocycles. The molecule has 2 saturated heterocycles. The van der Waals surface area contributed by atoms with Gasteiger partial charge in [0, 0.05) is 31.4 Å². The molecule has 5 rings (SSSR count). The maximum Gasteiger partial charge on any atom is 0.185 e. The highest BCUT2D eigenvalue weighted by Gasteiger charge is 2.43. The predicted octanol–water partition coefficient (Wildman–Crippen LogP) is 2.41. The molecule has 0 aliphatic carbocycles. The first kappa shape index (κ1) is 18.9. The zero-order valence-corrected chi connectivity index (χ0v) is 16.9. The molecular weight excluding hydrogens is 385 g/mol. The maximum absolute atomic E-state index is 14.8. The number of hydrogen-bond acceptors (Lipinski definition) is 7. The van der Waals surface area contributed by atoms with Gasteiger partial charge in [0.05, 0.1) is 29.7 Å². The number of fused-ring (bicyclic) bond motifs is 2. The van der Waals surface area contributed by atoms with Gasteiger partial charge in [0.1, 0.15) is 11.9 Å². The minimum absolute atomic E-state index is 0.0438. The zero-order valence-electron chi connectivity index (χ0n) is 16.9. The highest BCUT2D eigenvalue weighted by Crippen LogP contribution is 2.33. The van der Waals surface area contributed by atoms with Gasteiger partial charge in [-0.05, 0) is 43.9 Å². The van der Waals surface area contributed by atoms with E-state index < -0.39 is 6.17 Å². The Morgan fingerprint density at radius 3 is 2.80 bits per heavy atom. The van der Waals surface area contributed by atoms with Crippen LogP contribution in [0.4, 0.5) is 10.2 Å². The van der Waals surface area contributed by atoms with E-state index in [9.17, 15) is 9.50 Å². The minimum atomic E-state index is -0.947. The van der Waals surface area contributed by atoms with Crippen LogP contribution in [0.25, 0.3) is 17.1 Å². The lowest BCUT2D eigenvalue weighted by Crippen LogP contribution is -2.55. The second kappa shape index (κ2) is 7.32. The average Bonchev–Trinajstić information content (AvgIpc) is 3.37. The number of anilines is 1. The number of hydrogen-bond donors (Lipinski definition) is 2. The fraction of sp³-hybridized carbons (Fsp3) is 0.429. The van der Waals surface area contributed by atoms with Crippen LogP contribution in [-0.4, -0.2) is 61.4 Å². The molecule has 0 spiro atoms. The average molecular weight is 409 g/mol. The van der Waals surface area contributed by atoms with Gasteiger partial charge in [0.2, 0.25) is 0 Å². The monoisotopic (exact) mass is 409 g/mol. The van der Waals surface area contributed by atoms with Gasteiger partial charge in [0.15, 0.2) is 11.6 Å². The first-order chi connectivity index (χ1) is 14.5. The van der Waals surface area contributed by atoms with Gasteiger partial charge >= 0.3 is 0 Å². The summed E-state index contributed by atoms with van der Waals surface area (Å²) < 4.78 is 16.5. The van der Waals surface area contributed by atoms with Crippen molar-refractivity contribution in [3.05, 3.63) is 42.4 Å². The predicted molar refractivity (Wildman–Crippen MR) is 110 cm³/mol. The third-order valence-electron chi connectivity index (χ3n) is 6.16. The van der Waals surface area contributed by atoms with E-state index in [-0.39, 0.29) is 17.8 Å². The molecule has 0 saturated carbocycles. The minimum Gasteiger partial charge on any atom is -0.507 e. The molecule has 1 unspecified atom stereocenters. The summed E-state index contributed by atoms with van der Waals surface area (Å²) in [5, 5.41) is 26.5. The van der Waals surface area contributed by atoms with Crippen LogP contribution < -0.4 is 10.2 Å². The van der Waals surface area contributed by atoms with E-state index in [0.717, 1.165) is 30.5 Å². The molecule has 2 aliphatic heterocycles. The Kier molecular flexibility index (Phi) is 4.62. The summed E-state index contributed by atoms with van der Waals surface area (Å²) in [5.41, 5.74) is 2.25. The van der Waals surface area contributed by atoms with Gasteiger partial charge in [-0.3, -0.25) is 0 Å². The number of phenolic OH excluding ortho intramolecular Hbond substituents is 1. The van der Waals surface area contributed by atoms with Crippen LogP contribution in [0.1, 0.15) is 24.8 Å². The molecule has 156 valence electrons. The fourth-order valence-corrected chi connectivity index (χ4v) is 4.48. The van der Waals surface area contributed by atoms with E-state index in [4.69, 9.17) is 0 Å². The van der Waals surface area contributed by atoms with Crippen molar-refractivity contribution in [1.82, 2.24) is 30.3 Å². The quantitative estimate of drug-likeness (QED) is 0.684. The van der Waals surface area contributed by atoms with Crippen molar-refractivity contribution in [3.8, 4) is 22.8 Å². The highest BCUT2D eigenvalue weighted by atomic mass is 19.1. The van der Waals surface area contributed by atoms with Crippen molar-refractivity contribution in [3.63, 3.8) is 0 Å². The van der Waals surface area contributed by atoms with Crippen LogP contribution in [0.3, 0.4) is 0 Å². The Morgan fingerprint density at radius 1 is 1.23 bits per heavy atom. The molecule has 1 aromatic carbocycles. The van der Waals surface area contributed by atoms with Crippen LogP contribution >= 0.6 is 0 Å². The van der Waals surface area contributed by atoms with Gasteiger partial charge in [-0.1, -0.05) is 0 Å². The van der Waals surface area contributed by atoms with E-state index >= 15 is 0 Å². The van der Waals surface area contributed by atoms with Crippen LogP contribution in [-0.2, 0) is 0 Å². The largest absolute Gasteiger partial charge is 0.507 e. The summed E-state index contributed by atoms with van der Waals surface area (Å²) in [7, 11) is 1.84. The number of rotatable bonds is 4. The van der Waals surface area contributed by atoms with Crippen LogP contribution in [0.5, 0.6) is 5.75 Å². The molecule has 3 aromatic rings. The summed E-state index contributed by atoms with van der Waals surface area (Å²) in [6.45, 7) is 1.95. The number of piperidine rings is 1. The number of alkyl halides is 1. The van der Waals surface area contributed by atoms with Gasteiger partial charge < -0.3 is 15.3 Å². The Balaban J connectivity index is 1.36. The fourth-order valence-electron chi connectivity index (χ4n) is 4.48. The van der Waals surface area contributed by atoms with Crippen LogP contribution in [0.15, 0.2) is 36.8 Å². The van der Waals surface area contributed by atoms with Gasteiger partial charge in [0.25, 0.3) is 0 Å². The molecule has 0 radical (unpaired) electrons. The Hall–Kier alpha value is -3.07. The lowest BCUT2D eigenvalue weighted by Gasteiger charge is -2.38. The van der Waals surface area contributed by atoms with E-state index in [0.29, 0.717) is 23.2 Å². The van der Waals surface area contributed by atoms with Crippen molar-refractivity contribution in [2.75, 3.05) is 11.9 Å². The van der Waals surface area contributed by atoms with Gasteiger partial charge in [-0.25, -0.2) is 14.1 Å². The molecule has 4 atom stereocenters. The summed E-state index contributed by atoms with van der Waals surface area (Å²) in [5.74, 6) is 0.883. The first-order valence-electron chi connectivity index (χ1n) is 10.2. The number of nitrogens with one attached hydrogen (secondary N) is 1. The molecular formula is C21H24FN7O. The Labute approximate surface area is 173 Å². The van der Waals surface area contributed by atoms with Gasteiger partial charge in [-0.2, -0.15) is 5.10 Å². The molecule has 8 nitrogen and oxygen atoms in total. The molecule has 2 aliphatic rings. The normalized spacial score (nSPS) is 25.4. The number of halogens is 1. The topological polar surface area (TPSA) is 92.0 Å². The number of aryl methyl sites for hydroxylation is 1. The van der Waals surface area contributed by atoms with E-state index in [1.165, 1.54) is 0 Å². The first-order valence-corrected chi connectivity index (χ1v) is 10.2.